The lowest BCUT2D eigenvalue weighted by atomic mass is 10.0. The van der Waals surface area contributed by atoms with Gasteiger partial charge in [0.05, 0.1) is 0 Å². The SMILES string of the molecule is C[C@@H](CN1CCc2ccccc2CC1)NC(=O)OC(C)(C)C. The Bertz CT molecular complexity index is 481. The standard InChI is InChI=1S/C18H28N2O2/c1-14(19-17(21)22-18(2,3)4)13-20-11-9-15-7-5-6-8-16(15)10-12-20/h5-8,14H,9-13H2,1-4H3,(H,19,21)/t14-/m0/s1. The number of hydrogen-bond acceptors (Lipinski definition) is 3. The third-order valence-electron chi connectivity index (χ3n) is 3.81. The summed E-state index contributed by atoms with van der Waals surface area (Å²) in [5.74, 6) is 0. The number of benzene rings is 1. The molecule has 0 radical (unpaired) electrons. The van der Waals surface area contributed by atoms with Crippen LogP contribution in [0.1, 0.15) is 38.8 Å². The number of nitrogens with zero attached hydrogens (tertiary/aromatic N) is 1. The van der Waals surface area contributed by atoms with Crippen LogP contribution in [0.4, 0.5) is 4.79 Å². The first kappa shape index (κ1) is 16.8. The summed E-state index contributed by atoms with van der Waals surface area (Å²) in [7, 11) is 0. The minimum atomic E-state index is -0.450. The molecular formula is C18H28N2O2. The Morgan fingerprint density at radius 3 is 2.27 bits per heavy atom. The van der Waals surface area contributed by atoms with Crippen molar-refractivity contribution < 1.29 is 9.53 Å². The van der Waals surface area contributed by atoms with Crippen molar-refractivity contribution in [1.82, 2.24) is 10.2 Å². The highest BCUT2D eigenvalue weighted by Crippen LogP contribution is 2.15. The van der Waals surface area contributed by atoms with Gasteiger partial charge in [0, 0.05) is 25.7 Å². The van der Waals surface area contributed by atoms with Crippen LogP contribution in [0, 0.1) is 0 Å². The average Bonchev–Trinajstić information content (AvgIpc) is 2.59. The van der Waals surface area contributed by atoms with Crippen molar-refractivity contribution in [2.75, 3.05) is 19.6 Å². The first-order valence-electron chi connectivity index (χ1n) is 8.12. The fourth-order valence-corrected chi connectivity index (χ4v) is 2.84. The van der Waals surface area contributed by atoms with Crippen molar-refractivity contribution >= 4 is 6.09 Å². The summed E-state index contributed by atoms with van der Waals surface area (Å²) in [6.45, 7) is 10.6. The highest BCUT2D eigenvalue weighted by atomic mass is 16.6. The minimum Gasteiger partial charge on any atom is -0.444 e. The van der Waals surface area contributed by atoms with Crippen LogP contribution in [-0.4, -0.2) is 42.3 Å². The van der Waals surface area contributed by atoms with E-state index in [1.165, 1.54) is 11.1 Å². The quantitative estimate of drug-likeness (QED) is 0.933. The molecule has 0 saturated carbocycles. The fraction of sp³-hybridized carbons (Fsp3) is 0.611. The van der Waals surface area contributed by atoms with Crippen LogP contribution >= 0.6 is 0 Å². The van der Waals surface area contributed by atoms with Crippen molar-refractivity contribution in [3.8, 4) is 0 Å². The molecule has 1 aromatic rings. The molecule has 1 atom stereocenters. The molecule has 1 aliphatic heterocycles. The van der Waals surface area contributed by atoms with Crippen LogP contribution < -0.4 is 5.32 Å². The Labute approximate surface area is 133 Å². The highest BCUT2D eigenvalue weighted by Gasteiger charge is 2.20. The number of alkyl carbamates (subject to hydrolysis) is 1. The van der Waals surface area contributed by atoms with E-state index in [1.54, 1.807) is 0 Å². The number of rotatable bonds is 3. The molecule has 0 bridgehead atoms. The monoisotopic (exact) mass is 304 g/mol. The molecule has 0 aromatic heterocycles. The van der Waals surface area contributed by atoms with Gasteiger partial charge in [-0.05, 0) is 51.7 Å². The maximum absolute atomic E-state index is 11.8. The molecule has 1 heterocycles. The molecule has 1 N–H and O–H groups in total. The summed E-state index contributed by atoms with van der Waals surface area (Å²) in [5.41, 5.74) is 2.46. The van der Waals surface area contributed by atoms with E-state index in [2.05, 4.69) is 34.5 Å². The van der Waals surface area contributed by atoms with Gasteiger partial charge in [-0.15, -0.1) is 0 Å². The number of fused-ring (bicyclic) bond motifs is 1. The summed E-state index contributed by atoms with van der Waals surface area (Å²) >= 11 is 0. The first-order chi connectivity index (χ1) is 10.3. The van der Waals surface area contributed by atoms with Crippen molar-refractivity contribution in [2.45, 2.75) is 52.2 Å². The predicted molar refractivity (Wildman–Crippen MR) is 89.1 cm³/mol. The van der Waals surface area contributed by atoms with Crippen molar-refractivity contribution in [3.05, 3.63) is 35.4 Å². The third kappa shape index (κ3) is 5.34. The molecule has 4 heteroatoms. The smallest absolute Gasteiger partial charge is 0.407 e. The zero-order chi connectivity index (χ0) is 16.2. The van der Waals surface area contributed by atoms with E-state index in [0.29, 0.717) is 0 Å². The van der Waals surface area contributed by atoms with Crippen LogP contribution in [0.5, 0.6) is 0 Å². The fourth-order valence-electron chi connectivity index (χ4n) is 2.84. The zero-order valence-electron chi connectivity index (χ0n) is 14.2. The van der Waals surface area contributed by atoms with E-state index < -0.39 is 5.60 Å². The van der Waals surface area contributed by atoms with Crippen LogP contribution in [0.2, 0.25) is 0 Å². The van der Waals surface area contributed by atoms with E-state index in [-0.39, 0.29) is 12.1 Å². The molecule has 1 aromatic carbocycles. The number of nitrogens with one attached hydrogen (secondary N) is 1. The molecule has 0 aliphatic carbocycles. The second-order valence-corrected chi connectivity index (χ2v) is 7.12. The Morgan fingerprint density at radius 1 is 1.23 bits per heavy atom. The van der Waals surface area contributed by atoms with Gasteiger partial charge in [0.25, 0.3) is 0 Å². The van der Waals surface area contributed by atoms with E-state index in [0.717, 1.165) is 32.5 Å². The topological polar surface area (TPSA) is 41.6 Å². The van der Waals surface area contributed by atoms with E-state index >= 15 is 0 Å². The Morgan fingerprint density at radius 2 is 1.77 bits per heavy atom. The minimum absolute atomic E-state index is 0.0797. The number of hydrogen-bond donors (Lipinski definition) is 1. The van der Waals surface area contributed by atoms with Crippen LogP contribution in [0.15, 0.2) is 24.3 Å². The molecule has 122 valence electrons. The molecular weight excluding hydrogens is 276 g/mol. The van der Waals surface area contributed by atoms with Crippen LogP contribution in [0.3, 0.4) is 0 Å². The van der Waals surface area contributed by atoms with Gasteiger partial charge in [0.2, 0.25) is 0 Å². The van der Waals surface area contributed by atoms with Gasteiger partial charge in [-0.2, -0.15) is 0 Å². The maximum atomic E-state index is 11.8. The summed E-state index contributed by atoms with van der Waals surface area (Å²) in [6.07, 6.45) is 1.82. The van der Waals surface area contributed by atoms with Gasteiger partial charge in [-0.25, -0.2) is 4.79 Å². The second-order valence-electron chi connectivity index (χ2n) is 7.12. The largest absolute Gasteiger partial charge is 0.444 e. The summed E-state index contributed by atoms with van der Waals surface area (Å²) in [6, 6.07) is 8.75. The zero-order valence-corrected chi connectivity index (χ0v) is 14.2. The number of amides is 1. The van der Waals surface area contributed by atoms with Crippen molar-refractivity contribution in [3.63, 3.8) is 0 Å². The molecule has 1 aliphatic rings. The summed E-state index contributed by atoms with van der Waals surface area (Å²) < 4.78 is 5.30. The van der Waals surface area contributed by atoms with Gasteiger partial charge < -0.3 is 15.0 Å². The summed E-state index contributed by atoms with van der Waals surface area (Å²) in [4.78, 5) is 14.2. The van der Waals surface area contributed by atoms with Gasteiger partial charge >= 0.3 is 6.09 Å². The second kappa shape index (κ2) is 7.14. The molecule has 22 heavy (non-hydrogen) atoms. The molecule has 0 saturated heterocycles. The number of ether oxygens (including phenoxy) is 1. The first-order valence-corrected chi connectivity index (χ1v) is 8.12. The van der Waals surface area contributed by atoms with Crippen molar-refractivity contribution in [1.29, 1.82) is 0 Å². The lowest BCUT2D eigenvalue weighted by molar-refractivity contribution is 0.0497. The third-order valence-corrected chi connectivity index (χ3v) is 3.81. The van der Waals surface area contributed by atoms with Crippen LogP contribution in [0.25, 0.3) is 0 Å². The molecule has 2 rings (SSSR count). The average molecular weight is 304 g/mol. The molecule has 4 nitrogen and oxygen atoms in total. The van der Waals surface area contributed by atoms with Gasteiger partial charge in [-0.1, -0.05) is 24.3 Å². The molecule has 0 fully saturated rings. The lowest BCUT2D eigenvalue weighted by Gasteiger charge is -2.26. The molecule has 0 spiro atoms. The highest BCUT2D eigenvalue weighted by molar-refractivity contribution is 5.68. The Balaban J connectivity index is 1.81. The van der Waals surface area contributed by atoms with E-state index in [9.17, 15) is 4.79 Å². The Kier molecular flexibility index (Phi) is 5.46. The van der Waals surface area contributed by atoms with E-state index in [4.69, 9.17) is 4.74 Å². The van der Waals surface area contributed by atoms with Crippen molar-refractivity contribution in [2.24, 2.45) is 0 Å². The van der Waals surface area contributed by atoms with Gasteiger partial charge in [0.1, 0.15) is 5.60 Å². The maximum Gasteiger partial charge on any atom is 0.407 e. The van der Waals surface area contributed by atoms with Gasteiger partial charge in [0.15, 0.2) is 0 Å². The molecule has 1 amide bonds. The predicted octanol–water partition coefficient (Wildman–Crippen LogP) is 3.00. The molecule has 0 unspecified atom stereocenters. The van der Waals surface area contributed by atoms with Gasteiger partial charge in [-0.3, -0.25) is 0 Å². The lowest BCUT2D eigenvalue weighted by Crippen LogP contribution is -2.44. The Hall–Kier alpha value is -1.55. The van der Waals surface area contributed by atoms with Crippen LogP contribution in [-0.2, 0) is 17.6 Å². The summed E-state index contributed by atoms with van der Waals surface area (Å²) in [5, 5.41) is 2.92. The van der Waals surface area contributed by atoms with E-state index in [1.807, 2.05) is 27.7 Å². The number of carbonyl (C=O) groups excluding carboxylic acids is 1. The number of carbonyl (C=O) groups is 1. The normalized spacial score (nSPS) is 17.3.